The number of nitrogens with zero attached hydrogens (tertiary/aromatic N) is 2. The summed E-state index contributed by atoms with van der Waals surface area (Å²) in [6.45, 7) is 1.90. The summed E-state index contributed by atoms with van der Waals surface area (Å²) in [5, 5.41) is 8.66. The van der Waals surface area contributed by atoms with E-state index in [4.69, 9.17) is 5.11 Å². The molecule has 0 atom stereocenters. The van der Waals surface area contributed by atoms with Gasteiger partial charge in [-0.05, 0) is 40.5 Å². The first-order valence-corrected chi connectivity index (χ1v) is 5.22. The van der Waals surface area contributed by atoms with Crippen LogP contribution < -0.4 is 0 Å². The summed E-state index contributed by atoms with van der Waals surface area (Å²) in [6, 6.07) is 3.57. The van der Waals surface area contributed by atoms with Gasteiger partial charge in [0.2, 0.25) is 0 Å². The second kappa shape index (κ2) is 3.66. The highest BCUT2D eigenvalue weighted by Crippen LogP contribution is 2.18. The van der Waals surface area contributed by atoms with Crippen molar-refractivity contribution < 1.29 is 9.90 Å². The van der Waals surface area contributed by atoms with Gasteiger partial charge in [0, 0.05) is 6.20 Å². The highest BCUT2D eigenvalue weighted by molar-refractivity contribution is 9.10. The van der Waals surface area contributed by atoms with Crippen LogP contribution in [0.5, 0.6) is 0 Å². The van der Waals surface area contributed by atoms with E-state index in [-0.39, 0.29) is 6.42 Å². The van der Waals surface area contributed by atoms with Crippen molar-refractivity contribution in [3.05, 3.63) is 34.2 Å². The van der Waals surface area contributed by atoms with E-state index in [1.165, 1.54) is 0 Å². The van der Waals surface area contributed by atoms with Crippen molar-refractivity contribution in [3.8, 4) is 0 Å². The first kappa shape index (κ1) is 10.2. The molecule has 15 heavy (non-hydrogen) atoms. The zero-order valence-corrected chi connectivity index (χ0v) is 9.65. The van der Waals surface area contributed by atoms with E-state index in [1.807, 2.05) is 17.5 Å². The topological polar surface area (TPSA) is 54.6 Å². The Morgan fingerprint density at radius 2 is 2.40 bits per heavy atom. The Hall–Kier alpha value is -1.36. The third-order valence-corrected chi connectivity index (χ3v) is 3.10. The number of imidazole rings is 1. The summed E-state index contributed by atoms with van der Waals surface area (Å²) in [7, 11) is 0. The molecule has 0 amide bonds. The highest BCUT2D eigenvalue weighted by Gasteiger charge is 2.07. The number of aliphatic carboxylic acids is 1. The fourth-order valence-corrected chi connectivity index (χ4v) is 1.85. The van der Waals surface area contributed by atoms with Crippen LogP contribution in [0.2, 0.25) is 0 Å². The van der Waals surface area contributed by atoms with Crippen molar-refractivity contribution in [1.29, 1.82) is 0 Å². The number of halogens is 1. The zero-order chi connectivity index (χ0) is 11.0. The molecule has 0 fully saturated rings. The molecule has 0 saturated carbocycles. The molecule has 0 unspecified atom stereocenters. The lowest BCUT2D eigenvalue weighted by Crippen LogP contribution is -2.00. The molecule has 0 aliphatic carbocycles. The molecule has 2 rings (SSSR count). The second-order valence-corrected chi connectivity index (χ2v) is 4.07. The summed E-state index contributed by atoms with van der Waals surface area (Å²) in [5.74, 6) is -0.832. The van der Waals surface area contributed by atoms with Crippen LogP contribution in [0.1, 0.15) is 11.3 Å². The Morgan fingerprint density at radius 3 is 3.07 bits per heavy atom. The van der Waals surface area contributed by atoms with Gasteiger partial charge in [-0.15, -0.1) is 0 Å². The molecular formula is C10H9BrN2O2. The average molecular weight is 269 g/mol. The summed E-state index contributed by atoms with van der Waals surface area (Å²) in [6.07, 6.45) is 1.84. The molecule has 0 bridgehead atoms. The number of carboxylic acids is 1. The Labute approximate surface area is 94.7 Å². The van der Waals surface area contributed by atoms with Crippen molar-refractivity contribution in [2.45, 2.75) is 13.3 Å². The Kier molecular flexibility index (Phi) is 2.48. The highest BCUT2D eigenvalue weighted by atomic mass is 79.9. The Balaban J connectivity index is 2.52. The monoisotopic (exact) mass is 268 g/mol. The van der Waals surface area contributed by atoms with Gasteiger partial charge in [0.25, 0.3) is 0 Å². The van der Waals surface area contributed by atoms with Gasteiger partial charge < -0.3 is 5.11 Å². The van der Waals surface area contributed by atoms with Gasteiger partial charge in [-0.1, -0.05) is 0 Å². The predicted molar refractivity (Wildman–Crippen MR) is 59.0 cm³/mol. The minimum Gasteiger partial charge on any atom is -0.481 e. The van der Waals surface area contributed by atoms with E-state index < -0.39 is 5.97 Å². The van der Waals surface area contributed by atoms with Crippen LogP contribution in [0.25, 0.3) is 5.65 Å². The molecule has 0 aliphatic rings. The molecule has 0 saturated heterocycles. The molecule has 2 aromatic rings. The first-order chi connectivity index (χ1) is 7.08. The Bertz CT molecular complexity index is 533. The summed E-state index contributed by atoms with van der Waals surface area (Å²) in [4.78, 5) is 14.8. The fraction of sp³-hybridized carbons (Fsp3) is 0.200. The molecule has 4 nitrogen and oxygen atoms in total. The van der Waals surface area contributed by atoms with Gasteiger partial charge in [-0.25, -0.2) is 4.98 Å². The summed E-state index contributed by atoms with van der Waals surface area (Å²) < 4.78 is 2.78. The van der Waals surface area contributed by atoms with Gasteiger partial charge in [-0.3, -0.25) is 9.20 Å². The van der Waals surface area contributed by atoms with Gasteiger partial charge in [-0.2, -0.15) is 0 Å². The maximum absolute atomic E-state index is 10.5. The summed E-state index contributed by atoms with van der Waals surface area (Å²) >= 11 is 3.41. The molecule has 0 spiro atoms. The van der Waals surface area contributed by atoms with Gasteiger partial charge in [0.05, 0.1) is 12.1 Å². The standard InChI is InChI=1S/C10H9BrN2O2/c1-6-10(11)13-3-2-7(5-9(14)15)4-8(13)12-6/h2-4H,5H2,1H3,(H,14,15). The number of carboxylic acid groups (broad SMARTS) is 1. The average Bonchev–Trinajstić information content (AvgIpc) is 2.41. The van der Waals surface area contributed by atoms with Crippen molar-refractivity contribution >= 4 is 27.5 Å². The van der Waals surface area contributed by atoms with Gasteiger partial charge >= 0.3 is 5.97 Å². The molecule has 2 heterocycles. The van der Waals surface area contributed by atoms with Crippen LogP contribution in [-0.4, -0.2) is 20.5 Å². The second-order valence-electron chi connectivity index (χ2n) is 3.32. The van der Waals surface area contributed by atoms with Crippen LogP contribution in [0, 0.1) is 6.92 Å². The maximum Gasteiger partial charge on any atom is 0.307 e. The quantitative estimate of drug-likeness (QED) is 0.907. The van der Waals surface area contributed by atoms with Crippen molar-refractivity contribution in [2.75, 3.05) is 0 Å². The maximum atomic E-state index is 10.5. The lowest BCUT2D eigenvalue weighted by Gasteiger charge is -1.98. The van der Waals surface area contributed by atoms with E-state index in [2.05, 4.69) is 20.9 Å². The van der Waals surface area contributed by atoms with E-state index >= 15 is 0 Å². The van der Waals surface area contributed by atoms with E-state index in [0.29, 0.717) is 0 Å². The lowest BCUT2D eigenvalue weighted by molar-refractivity contribution is -0.136. The van der Waals surface area contributed by atoms with Crippen molar-refractivity contribution in [1.82, 2.24) is 9.38 Å². The minimum absolute atomic E-state index is 0.0278. The van der Waals surface area contributed by atoms with E-state index in [0.717, 1.165) is 21.5 Å². The number of rotatable bonds is 2. The molecule has 0 radical (unpaired) electrons. The van der Waals surface area contributed by atoms with E-state index in [1.54, 1.807) is 12.1 Å². The van der Waals surface area contributed by atoms with E-state index in [9.17, 15) is 4.79 Å². The SMILES string of the molecule is Cc1nc2cc(CC(=O)O)ccn2c1Br. The third-order valence-electron chi connectivity index (χ3n) is 2.15. The smallest absolute Gasteiger partial charge is 0.307 e. The molecule has 5 heteroatoms. The fourth-order valence-electron chi connectivity index (χ4n) is 1.46. The van der Waals surface area contributed by atoms with Crippen LogP contribution >= 0.6 is 15.9 Å². The number of carbonyl (C=O) groups is 1. The van der Waals surface area contributed by atoms with Crippen LogP contribution in [-0.2, 0) is 11.2 Å². The molecule has 0 aromatic carbocycles. The molecule has 0 aliphatic heterocycles. The van der Waals surface area contributed by atoms with Gasteiger partial charge in [0.15, 0.2) is 0 Å². The molecule has 1 N–H and O–H groups in total. The number of aromatic nitrogens is 2. The van der Waals surface area contributed by atoms with Crippen molar-refractivity contribution in [2.24, 2.45) is 0 Å². The van der Waals surface area contributed by atoms with Crippen LogP contribution in [0.3, 0.4) is 0 Å². The molecule has 78 valence electrons. The van der Waals surface area contributed by atoms with Crippen LogP contribution in [0.15, 0.2) is 22.9 Å². The number of hydrogen-bond acceptors (Lipinski definition) is 2. The van der Waals surface area contributed by atoms with Crippen LogP contribution in [0.4, 0.5) is 0 Å². The number of pyridine rings is 1. The minimum atomic E-state index is -0.832. The van der Waals surface area contributed by atoms with Gasteiger partial charge in [0.1, 0.15) is 10.3 Å². The molecular weight excluding hydrogens is 260 g/mol. The number of fused-ring (bicyclic) bond motifs is 1. The molecule has 2 aromatic heterocycles. The third kappa shape index (κ3) is 1.87. The summed E-state index contributed by atoms with van der Waals surface area (Å²) in [5.41, 5.74) is 2.41. The lowest BCUT2D eigenvalue weighted by atomic mass is 10.2. The number of aryl methyl sites for hydroxylation is 1. The Morgan fingerprint density at radius 1 is 1.67 bits per heavy atom. The van der Waals surface area contributed by atoms with Crippen molar-refractivity contribution in [3.63, 3.8) is 0 Å². The number of hydrogen-bond donors (Lipinski definition) is 1. The normalized spacial score (nSPS) is 10.8. The predicted octanol–water partition coefficient (Wildman–Crippen LogP) is 2.03. The largest absolute Gasteiger partial charge is 0.481 e. The first-order valence-electron chi connectivity index (χ1n) is 4.43. The zero-order valence-electron chi connectivity index (χ0n) is 8.07.